The third-order valence-corrected chi connectivity index (χ3v) is 3.07. The highest BCUT2D eigenvalue weighted by Gasteiger charge is 2.15. The third-order valence-electron chi connectivity index (χ3n) is 3.07. The largest absolute Gasteiger partial charge is 0.484 e. The molecule has 0 radical (unpaired) electrons. The fraction of sp³-hybridized carbons (Fsp3) is 0.438. The molecular formula is C16H22N2O4. The van der Waals surface area contributed by atoms with E-state index >= 15 is 0 Å². The summed E-state index contributed by atoms with van der Waals surface area (Å²) in [5.74, 6) is 0.0297. The summed E-state index contributed by atoms with van der Waals surface area (Å²) in [6.45, 7) is 5.96. The highest BCUT2D eigenvalue weighted by atomic mass is 16.5. The SMILES string of the molecule is CCNC(=O)CN(CC)C(=O)COc1ccc(C(C)=O)cc1. The second-order valence-corrected chi connectivity index (χ2v) is 4.73. The average molecular weight is 306 g/mol. The summed E-state index contributed by atoms with van der Waals surface area (Å²) in [4.78, 5) is 36.1. The van der Waals surface area contributed by atoms with Gasteiger partial charge in [0, 0.05) is 18.7 Å². The van der Waals surface area contributed by atoms with Crippen molar-refractivity contribution in [3.8, 4) is 5.75 Å². The molecule has 0 aromatic heterocycles. The van der Waals surface area contributed by atoms with Crippen molar-refractivity contribution >= 4 is 17.6 Å². The molecule has 6 nitrogen and oxygen atoms in total. The van der Waals surface area contributed by atoms with Crippen molar-refractivity contribution in [1.29, 1.82) is 0 Å². The number of likely N-dealkylation sites (N-methyl/N-ethyl adjacent to an activating group) is 2. The number of nitrogens with one attached hydrogen (secondary N) is 1. The lowest BCUT2D eigenvalue weighted by Gasteiger charge is -2.20. The van der Waals surface area contributed by atoms with Gasteiger partial charge in [0.25, 0.3) is 5.91 Å². The molecule has 0 fully saturated rings. The molecule has 0 saturated heterocycles. The molecule has 0 aliphatic heterocycles. The zero-order valence-corrected chi connectivity index (χ0v) is 13.2. The molecule has 0 atom stereocenters. The Hall–Kier alpha value is -2.37. The fourth-order valence-electron chi connectivity index (χ4n) is 1.82. The zero-order chi connectivity index (χ0) is 16.5. The summed E-state index contributed by atoms with van der Waals surface area (Å²) < 4.78 is 5.39. The Labute approximate surface area is 130 Å². The molecule has 1 rings (SSSR count). The Kier molecular flexibility index (Phi) is 7.08. The van der Waals surface area contributed by atoms with Crippen molar-refractivity contribution < 1.29 is 19.1 Å². The van der Waals surface area contributed by atoms with Crippen LogP contribution in [0.25, 0.3) is 0 Å². The van der Waals surface area contributed by atoms with Gasteiger partial charge >= 0.3 is 0 Å². The smallest absolute Gasteiger partial charge is 0.260 e. The van der Waals surface area contributed by atoms with E-state index < -0.39 is 0 Å². The number of carbonyl (C=O) groups is 3. The number of rotatable bonds is 8. The number of benzene rings is 1. The first-order valence-electron chi connectivity index (χ1n) is 7.26. The van der Waals surface area contributed by atoms with Gasteiger partial charge in [-0.05, 0) is 45.0 Å². The minimum Gasteiger partial charge on any atom is -0.484 e. The summed E-state index contributed by atoms with van der Waals surface area (Å²) in [7, 11) is 0. The van der Waals surface area contributed by atoms with E-state index in [1.54, 1.807) is 31.2 Å². The maximum absolute atomic E-state index is 12.0. The molecule has 0 unspecified atom stereocenters. The van der Waals surface area contributed by atoms with Gasteiger partial charge in [0.1, 0.15) is 5.75 Å². The highest BCUT2D eigenvalue weighted by Crippen LogP contribution is 2.12. The normalized spacial score (nSPS) is 9.95. The van der Waals surface area contributed by atoms with Crippen LogP contribution in [0.2, 0.25) is 0 Å². The van der Waals surface area contributed by atoms with E-state index in [9.17, 15) is 14.4 Å². The third kappa shape index (κ3) is 5.55. The molecule has 0 bridgehead atoms. The van der Waals surface area contributed by atoms with Crippen LogP contribution in [0, 0.1) is 0 Å². The van der Waals surface area contributed by atoms with E-state index in [4.69, 9.17) is 4.74 Å². The molecule has 0 aliphatic carbocycles. The van der Waals surface area contributed by atoms with Gasteiger partial charge in [-0.1, -0.05) is 0 Å². The number of hydrogen-bond acceptors (Lipinski definition) is 4. The molecule has 0 aliphatic rings. The van der Waals surface area contributed by atoms with Crippen molar-refractivity contribution in [2.75, 3.05) is 26.2 Å². The van der Waals surface area contributed by atoms with Gasteiger partial charge in [-0.3, -0.25) is 14.4 Å². The zero-order valence-electron chi connectivity index (χ0n) is 13.2. The van der Waals surface area contributed by atoms with Gasteiger partial charge in [-0.25, -0.2) is 0 Å². The first-order chi connectivity index (χ1) is 10.5. The molecule has 0 saturated carbocycles. The topological polar surface area (TPSA) is 75.7 Å². The number of carbonyl (C=O) groups excluding carboxylic acids is 3. The van der Waals surface area contributed by atoms with Crippen molar-refractivity contribution in [1.82, 2.24) is 10.2 Å². The van der Waals surface area contributed by atoms with Crippen molar-refractivity contribution in [3.05, 3.63) is 29.8 Å². The summed E-state index contributed by atoms with van der Waals surface area (Å²) >= 11 is 0. The van der Waals surface area contributed by atoms with Crippen LogP contribution in [0.3, 0.4) is 0 Å². The molecule has 1 N–H and O–H groups in total. The molecule has 0 spiro atoms. The van der Waals surface area contributed by atoms with E-state index in [1.165, 1.54) is 11.8 Å². The van der Waals surface area contributed by atoms with Crippen LogP contribution >= 0.6 is 0 Å². The average Bonchev–Trinajstić information content (AvgIpc) is 2.50. The molecule has 22 heavy (non-hydrogen) atoms. The lowest BCUT2D eigenvalue weighted by molar-refractivity contribution is -0.137. The van der Waals surface area contributed by atoms with Crippen LogP contribution in [-0.2, 0) is 9.59 Å². The van der Waals surface area contributed by atoms with Gasteiger partial charge in [-0.2, -0.15) is 0 Å². The molecule has 1 aromatic carbocycles. The first kappa shape index (κ1) is 17.7. The molecule has 1 aromatic rings. The lowest BCUT2D eigenvalue weighted by Crippen LogP contribution is -2.42. The Bertz CT molecular complexity index is 525. The Morgan fingerprint density at radius 1 is 1.14 bits per heavy atom. The second kappa shape index (κ2) is 8.81. The van der Waals surface area contributed by atoms with Crippen molar-refractivity contribution in [3.63, 3.8) is 0 Å². The van der Waals surface area contributed by atoms with E-state index in [2.05, 4.69) is 5.32 Å². The lowest BCUT2D eigenvalue weighted by atomic mass is 10.1. The Morgan fingerprint density at radius 2 is 1.77 bits per heavy atom. The van der Waals surface area contributed by atoms with Gasteiger partial charge in [-0.15, -0.1) is 0 Å². The molecule has 6 heteroatoms. The molecule has 0 heterocycles. The maximum atomic E-state index is 12.0. The van der Waals surface area contributed by atoms with Gasteiger partial charge in [0.05, 0.1) is 6.54 Å². The maximum Gasteiger partial charge on any atom is 0.260 e. The van der Waals surface area contributed by atoms with Crippen molar-refractivity contribution in [2.45, 2.75) is 20.8 Å². The standard InChI is InChI=1S/C16H22N2O4/c1-4-17-15(20)10-18(5-2)16(21)11-22-14-8-6-13(7-9-14)12(3)19/h6-9H,4-5,10-11H2,1-3H3,(H,17,20). The number of hydrogen-bond donors (Lipinski definition) is 1. The Morgan fingerprint density at radius 3 is 2.27 bits per heavy atom. The van der Waals surface area contributed by atoms with Crippen LogP contribution in [0.4, 0.5) is 0 Å². The van der Waals surface area contributed by atoms with Crippen LogP contribution in [0.15, 0.2) is 24.3 Å². The predicted octanol–water partition coefficient (Wildman–Crippen LogP) is 1.25. The highest BCUT2D eigenvalue weighted by molar-refractivity contribution is 5.94. The van der Waals surface area contributed by atoms with Crippen molar-refractivity contribution in [2.24, 2.45) is 0 Å². The molecular weight excluding hydrogens is 284 g/mol. The minimum atomic E-state index is -0.260. The minimum absolute atomic E-state index is 0.0236. The first-order valence-corrected chi connectivity index (χ1v) is 7.26. The number of nitrogens with zero attached hydrogens (tertiary/aromatic N) is 1. The number of Topliss-reactive ketones (excluding diaryl/α,β-unsaturated/α-hetero) is 1. The van der Waals surface area contributed by atoms with Crippen LogP contribution < -0.4 is 10.1 Å². The van der Waals surface area contributed by atoms with E-state index in [0.717, 1.165) is 0 Å². The summed E-state index contributed by atoms with van der Waals surface area (Å²) in [6.07, 6.45) is 0. The Balaban J connectivity index is 2.52. The number of ether oxygens (including phenoxy) is 1. The summed E-state index contributed by atoms with van der Waals surface area (Å²) in [6, 6.07) is 6.58. The number of ketones is 1. The monoisotopic (exact) mass is 306 g/mol. The van der Waals surface area contributed by atoms with E-state index in [-0.39, 0.29) is 30.7 Å². The second-order valence-electron chi connectivity index (χ2n) is 4.73. The van der Waals surface area contributed by atoms with E-state index in [0.29, 0.717) is 24.4 Å². The van der Waals surface area contributed by atoms with Crippen LogP contribution in [0.5, 0.6) is 5.75 Å². The summed E-state index contributed by atoms with van der Waals surface area (Å²) in [5, 5.41) is 2.65. The quantitative estimate of drug-likeness (QED) is 0.734. The fourth-order valence-corrected chi connectivity index (χ4v) is 1.82. The molecule has 2 amide bonds. The number of amides is 2. The van der Waals surface area contributed by atoms with Gasteiger partial charge < -0.3 is 15.0 Å². The predicted molar refractivity (Wildman–Crippen MR) is 82.9 cm³/mol. The summed E-state index contributed by atoms with van der Waals surface area (Å²) in [5.41, 5.74) is 0.588. The van der Waals surface area contributed by atoms with Crippen LogP contribution in [-0.4, -0.2) is 48.7 Å². The molecule has 120 valence electrons. The van der Waals surface area contributed by atoms with Gasteiger partial charge in [0.2, 0.25) is 5.91 Å². The van der Waals surface area contributed by atoms with Gasteiger partial charge in [0.15, 0.2) is 12.4 Å². The van der Waals surface area contributed by atoms with E-state index in [1.807, 2.05) is 6.92 Å². The van der Waals surface area contributed by atoms with Crippen LogP contribution in [0.1, 0.15) is 31.1 Å².